The summed E-state index contributed by atoms with van der Waals surface area (Å²) in [5, 5.41) is 0. The van der Waals surface area contributed by atoms with Crippen LogP contribution in [0.5, 0.6) is 0 Å². The van der Waals surface area contributed by atoms with Crippen LogP contribution in [0.15, 0.2) is 0 Å². The molecule has 70 valence electrons. The number of hydrogen-bond acceptors (Lipinski definition) is 3. The fourth-order valence-corrected chi connectivity index (χ4v) is 1.29. The molecule has 12 heavy (non-hydrogen) atoms. The van der Waals surface area contributed by atoms with Gasteiger partial charge in [0.25, 0.3) is 0 Å². The standard InChI is InChI=1S/C7H17O3P.Zn/c1-4-5-6-9-11(8)10-7(2)3;/h7,11H,4-6H2,1-3H3;. The maximum atomic E-state index is 10.9. The monoisotopic (exact) mass is 244 g/mol. The molecule has 0 saturated heterocycles. The van der Waals surface area contributed by atoms with Gasteiger partial charge in [0, 0.05) is 19.5 Å². The van der Waals surface area contributed by atoms with Gasteiger partial charge in [-0.3, -0.25) is 4.57 Å². The average molecular weight is 246 g/mol. The minimum Gasteiger partial charge on any atom is -0.311 e. The van der Waals surface area contributed by atoms with Gasteiger partial charge in [-0.2, -0.15) is 0 Å². The zero-order valence-corrected chi connectivity index (χ0v) is 12.1. The molecule has 0 aromatic rings. The third kappa shape index (κ3) is 10.8. The van der Waals surface area contributed by atoms with E-state index in [4.69, 9.17) is 9.05 Å². The van der Waals surface area contributed by atoms with E-state index in [-0.39, 0.29) is 25.6 Å². The molecule has 0 rings (SSSR count). The van der Waals surface area contributed by atoms with E-state index in [1.807, 2.05) is 13.8 Å². The molecule has 0 fully saturated rings. The Morgan fingerprint density at radius 3 is 2.42 bits per heavy atom. The predicted molar refractivity (Wildman–Crippen MR) is 46.1 cm³/mol. The molecule has 0 N–H and O–H groups in total. The molecule has 0 saturated carbocycles. The molecule has 0 aromatic carbocycles. The Labute approximate surface area is 87.9 Å². The van der Waals surface area contributed by atoms with Crippen LogP contribution in [-0.4, -0.2) is 12.7 Å². The van der Waals surface area contributed by atoms with Gasteiger partial charge in [0.15, 0.2) is 0 Å². The van der Waals surface area contributed by atoms with Crippen molar-refractivity contribution in [3.8, 4) is 0 Å². The summed E-state index contributed by atoms with van der Waals surface area (Å²) < 4.78 is 20.7. The van der Waals surface area contributed by atoms with Gasteiger partial charge < -0.3 is 9.05 Å². The zero-order valence-electron chi connectivity index (χ0n) is 8.13. The van der Waals surface area contributed by atoms with Gasteiger partial charge in [0.1, 0.15) is 0 Å². The maximum absolute atomic E-state index is 10.9. The third-order valence-electron chi connectivity index (χ3n) is 1.05. The third-order valence-corrected chi connectivity index (χ3v) is 2.15. The number of rotatable bonds is 6. The van der Waals surface area contributed by atoms with Crippen LogP contribution >= 0.6 is 8.25 Å². The first-order valence-corrected chi connectivity index (χ1v) is 5.22. The Kier molecular flexibility index (Phi) is 12.5. The van der Waals surface area contributed by atoms with E-state index in [0.29, 0.717) is 6.61 Å². The number of hydrogen-bond donors (Lipinski definition) is 0. The Hall–Kier alpha value is 0.773. The van der Waals surface area contributed by atoms with Crippen LogP contribution in [0.4, 0.5) is 0 Å². The van der Waals surface area contributed by atoms with E-state index in [2.05, 4.69) is 6.92 Å². The average Bonchev–Trinajstić information content (AvgIpc) is 1.86. The molecular formula is C7H17O3PZn. The Balaban J connectivity index is 0. The van der Waals surface area contributed by atoms with E-state index in [9.17, 15) is 4.57 Å². The molecular weight excluding hydrogens is 228 g/mol. The van der Waals surface area contributed by atoms with Crippen LogP contribution in [0.1, 0.15) is 33.6 Å². The molecule has 0 aliphatic carbocycles. The van der Waals surface area contributed by atoms with Crippen molar-refractivity contribution >= 4 is 8.25 Å². The fraction of sp³-hybridized carbons (Fsp3) is 1.00. The van der Waals surface area contributed by atoms with Crippen molar-refractivity contribution in [3.63, 3.8) is 0 Å². The van der Waals surface area contributed by atoms with Gasteiger partial charge in [-0.1, -0.05) is 13.3 Å². The Bertz CT molecular complexity index is 119. The summed E-state index contributed by atoms with van der Waals surface area (Å²) in [5.41, 5.74) is 0. The van der Waals surface area contributed by atoms with Gasteiger partial charge in [0.2, 0.25) is 0 Å². The number of unbranched alkanes of at least 4 members (excludes halogenated alkanes) is 1. The van der Waals surface area contributed by atoms with E-state index in [0.717, 1.165) is 12.8 Å². The fourth-order valence-electron chi connectivity index (χ4n) is 0.526. The topological polar surface area (TPSA) is 35.5 Å². The second-order valence-electron chi connectivity index (χ2n) is 2.62. The van der Waals surface area contributed by atoms with Crippen molar-refractivity contribution < 1.29 is 33.1 Å². The molecule has 0 amide bonds. The summed E-state index contributed by atoms with van der Waals surface area (Å²) in [5.74, 6) is 0. The van der Waals surface area contributed by atoms with Crippen molar-refractivity contribution in [1.29, 1.82) is 0 Å². The molecule has 1 atom stereocenters. The van der Waals surface area contributed by atoms with Crippen molar-refractivity contribution in [2.45, 2.75) is 39.7 Å². The molecule has 0 bridgehead atoms. The molecule has 1 unspecified atom stereocenters. The molecule has 0 aliphatic heterocycles. The summed E-state index contributed by atoms with van der Waals surface area (Å²) in [4.78, 5) is 0. The quantitative estimate of drug-likeness (QED) is 0.410. The molecule has 0 aromatic heterocycles. The second kappa shape index (κ2) is 9.86. The van der Waals surface area contributed by atoms with Crippen molar-refractivity contribution in [2.75, 3.05) is 6.61 Å². The van der Waals surface area contributed by atoms with Crippen LogP contribution in [0.2, 0.25) is 0 Å². The van der Waals surface area contributed by atoms with Gasteiger partial charge in [-0.05, 0) is 20.3 Å². The van der Waals surface area contributed by atoms with Gasteiger partial charge >= 0.3 is 8.25 Å². The van der Waals surface area contributed by atoms with Crippen molar-refractivity contribution in [2.24, 2.45) is 0 Å². The van der Waals surface area contributed by atoms with Gasteiger partial charge in [0.05, 0.1) is 12.7 Å². The van der Waals surface area contributed by atoms with Crippen LogP contribution < -0.4 is 0 Å². The Morgan fingerprint density at radius 1 is 1.42 bits per heavy atom. The molecule has 3 nitrogen and oxygen atoms in total. The van der Waals surface area contributed by atoms with Crippen LogP contribution in [0.3, 0.4) is 0 Å². The molecule has 0 radical (unpaired) electrons. The van der Waals surface area contributed by atoms with E-state index >= 15 is 0 Å². The van der Waals surface area contributed by atoms with E-state index in [1.165, 1.54) is 0 Å². The molecule has 0 heterocycles. The summed E-state index contributed by atoms with van der Waals surface area (Å²) in [6, 6.07) is 0. The minimum absolute atomic E-state index is 0. The first kappa shape index (κ1) is 15.3. The van der Waals surface area contributed by atoms with Crippen LogP contribution in [0.25, 0.3) is 0 Å². The van der Waals surface area contributed by atoms with Crippen LogP contribution in [0, 0.1) is 0 Å². The molecule has 0 spiro atoms. The summed E-state index contributed by atoms with van der Waals surface area (Å²) in [6.07, 6.45) is 1.98. The summed E-state index contributed by atoms with van der Waals surface area (Å²) >= 11 is 0. The van der Waals surface area contributed by atoms with Gasteiger partial charge in [-0.15, -0.1) is 0 Å². The second-order valence-corrected chi connectivity index (χ2v) is 3.64. The smallest absolute Gasteiger partial charge is 0.311 e. The minimum atomic E-state index is -2.21. The predicted octanol–water partition coefficient (Wildman–Crippen LogP) is 2.62. The first-order valence-electron chi connectivity index (χ1n) is 4.00. The summed E-state index contributed by atoms with van der Waals surface area (Å²) in [7, 11) is -2.21. The molecule has 0 aliphatic rings. The largest absolute Gasteiger partial charge is 0.319 e. The zero-order chi connectivity index (χ0) is 8.69. The summed E-state index contributed by atoms with van der Waals surface area (Å²) in [6.45, 7) is 6.28. The van der Waals surface area contributed by atoms with Crippen LogP contribution in [-0.2, 0) is 33.1 Å². The van der Waals surface area contributed by atoms with E-state index in [1.54, 1.807) is 0 Å². The normalized spacial score (nSPS) is 12.7. The maximum Gasteiger partial charge on any atom is 0.319 e. The Morgan fingerprint density at radius 2 is 2.00 bits per heavy atom. The SMILES string of the molecule is CCCCO[PH](=O)OC(C)C.[Zn]. The van der Waals surface area contributed by atoms with Crippen molar-refractivity contribution in [1.82, 2.24) is 0 Å². The first-order chi connectivity index (χ1) is 5.16. The van der Waals surface area contributed by atoms with Crippen molar-refractivity contribution in [3.05, 3.63) is 0 Å². The molecule has 5 heteroatoms. The van der Waals surface area contributed by atoms with Gasteiger partial charge in [-0.25, -0.2) is 0 Å². The van der Waals surface area contributed by atoms with E-state index < -0.39 is 8.25 Å².